The molecule has 6 aliphatic rings. The third-order valence-corrected chi connectivity index (χ3v) is 23.5. The molecule has 4 aromatic carbocycles. The van der Waals surface area contributed by atoms with Gasteiger partial charge in [-0.1, -0.05) is 43.2 Å². The number of likely N-dealkylation sites (N-methyl/N-ethyl adjacent to an activating group) is 1. The van der Waals surface area contributed by atoms with Crippen LogP contribution in [0.25, 0.3) is 0 Å². The van der Waals surface area contributed by atoms with Gasteiger partial charge < -0.3 is 33.5 Å². The van der Waals surface area contributed by atoms with Gasteiger partial charge in [-0.15, -0.1) is 12.4 Å². The Kier molecular flexibility index (Phi) is 21.6. The van der Waals surface area contributed by atoms with Crippen molar-refractivity contribution in [3.63, 3.8) is 0 Å². The fraction of sp³-hybridized carbons (Fsp3) is 0.590. The first-order chi connectivity index (χ1) is 37.5. The molecule has 18 heteroatoms. The van der Waals surface area contributed by atoms with Crippen molar-refractivity contribution in [2.45, 2.75) is 112 Å². The maximum Gasteiger partial charge on any atom is 0.198 e. The van der Waals surface area contributed by atoms with Crippen molar-refractivity contribution in [2.24, 2.45) is 11.8 Å². The molecule has 2 bridgehead atoms. The molecular formula is C61H85ClFN5O9S2. The number of nitrogens with zero attached hydrogens (tertiary/aromatic N) is 5. The third kappa shape index (κ3) is 13.7. The Morgan fingerprint density at radius 3 is 1.82 bits per heavy atom. The predicted octanol–water partition coefficient (Wildman–Crippen LogP) is 9.64. The van der Waals surface area contributed by atoms with Gasteiger partial charge in [0.15, 0.2) is 46.8 Å². The minimum Gasteiger partial charge on any atom is -0.493 e. The standard InChI is InChI=1S/C26H37NO8S2.C20H21FN2O.C15H26N2.ClH/c1-27(15-12-20-8-10-22(32-2)24(18-20)34-4)14-6-13-26(36(28,29)16-7-17-37(26,30)31)21-9-11-23(33-3)25(19-21)35-5;1-23(2)11-3-10-20(17-5-7-18(21)8-6-17)19-9-4-15(13-22)12-16(19)14-24-20;1-3-7-16-11-13-9-12(14(16)5-1)10-17-8-4-2-6-15(13)17;/h8-11,18-19H,6-7,12-17H2,1-5H3;4-9,12H,3,10-11,14H2,1-2H3;12-15H,1-11H2;1H/t;;12-,13-,14-,15+;/m..0./s1. The summed E-state index contributed by atoms with van der Waals surface area (Å²) in [6.07, 6.45) is 13.4. The van der Waals surface area contributed by atoms with Gasteiger partial charge in [0.2, 0.25) is 0 Å². The van der Waals surface area contributed by atoms with Crippen LogP contribution in [0.5, 0.6) is 23.0 Å². The maximum atomic E-state index is 13.5. The van der Waals surface area contributed by atoms with E-state index in [0.717, 1.165) is 72.0 Å². The molecular weight excluding hydrogens is 1070 g/mol. The van der Waals surface area contributed by atoms with E-state index in [-0.39, 0.29) is 48.1 Å². The molecule has 0 radical (unpaired) electrons. The van der Waals surface area contributed by atoms with E-state index < -0.39 is 29.4 Å². The van der Waals surface area contributed by atoms with E-state index in [1.165, 1.54) is 103 Å². The second kappa shape index (κ2) is 27.5. The summed E-state index contributed by atoms with van der Waals surface area (Å²) in [5.74, 6) is 3.46. The molecule has 79 heavy (non-hydrogen) atoms. The van der Waals surface area contributed by atoms with Crippen molar-refractivity contribution in [1.82, 2.24) is 19.6 Å². The first kappa shape index (κ1) is 62.1. The highest BCUT2D eigenvalue weighted by Gasteiger charge is 2.57. The van der Waals surface area contributed by atoms with Crippen LogP contribution in [0.3, 0.4) is 0 Å². The zero-order valence-corrected chi connectivity index (χ0v) is 50.0. The Morgan fingerprint density at radius 1 is 0.671 bits per heavy atom. The quantitative estimate of drug-likeness (QED) is 0.0987. The average molecular weight is 1150 g/mol. The lowest BCUT2D eigenvalue weighted by atomic mass is 9.71. The van der Waals surface area contributed by atoms with E-state index in [1.807, 2.05) is 57.5 Å². The second-order valence-electron chi connectivity index (χ2n) is 22.5. The molecule has 434 valence electrons. The number of halogens is 2. The summed E-state index contributed by atoms with van der Waals surface area (Å²) in [6, 6.07) is 26.7. The minimum atomic E-state index is -3.99. The van der Waals surface area contributed by atoms with E-state index in [9.17, 15) is 21.2 Å². The van der Waals surface area contributed by atoms with Gasteiger partial charge in [0.05, 0.1) is 58.2 Å². The van der Waals surface area contributed by atoms with Gasteiger partial charge in [0, 0.05) is 31.7 Å². The number of rotatable bonds is 17. The summed E-state index contributed by atoms with van der Waals surface area (Å²) >= 11 is 0. The van der Waals surface area contributed by atoms with Crippen LogP contribution >= 0.6 is 12.4 Å². The largest absolute Gasteiger partial charge is 0.493 e. The van der Waals surface area contributed by atoms with Crippen LogP contribution in [-0.4, -0.2) is 155 Å². The van der Waals surface area contributed by atoms with Gasteiger partial charge in [-0.25, -0.2) is 21.2 Å². The number of fused-ring (bicyclic) bond motifs is 7. The third-order valence-electron chi connectivity index (χ3n) is 17.5. The normalized spacial score (nSPS) is 24.4. The smallest absolute Gasteiger partial charge is 0.198 e. The van der Waals surface area contributed by atoms with Gasteiger partial charge in [0.1, 0.15) is 11.4 Å². The SMILES string of the molecule is C1CCN2C[C@@H]3C[C@@H](CN4CCCC[C@@H]34)[C@H]2C1.CN(C)CCCC1(c2ccc(F)cc2)OCc2cc(C#N)ccc21.COc1ccc(CCN(C)CCCC2(c3ccc(OC)c(OC)c3)S(=O)(=O)CCCS2(=O)=O)cc1OC.Cl. The highest BCUT2D eigenvalue weighted by atomic mass is 35.5. The number of methoxy groups -OCH3 is 4. The monoisotopic (exact) mass is 1150 g/mol. The minimum absolute atomic E-state index is 0. The Balaban J connectivity index is 0.000000183. The Morgan fingerprint density at radius 2 is 1.24 bits per heavy atom. The Hall–Kier alpha value is -4.51. The highest BCUT2D eigenvalue weighted by molar-refractivity contribution is 8.10. The lowest BCUT2D eigenvalue weighted by molar-refractivity contribution is -0.0718. The number of hydrogen-bond acceptors (Lipinski definition) is 14. The van der Waals surface area contributed by atoms with Crippen molar-refractivity contribution in [3.8, 4) is 29.1 Å². The number of nitriles is 1. The molecule has 4 aromatic rings. The molecule has 0 saturated carbocycles. The van der Waals surface area contributed by atoms with E-state index in [2.05, 4.69) is 25.7 Å². The number of ether oxygens (including phenoxy) is 5. The lowest BCUT2D eigenvalue weighted by Crippen LogP contribution is -2.63. The average Bonchev–Trinajstić information content (AvgIpc) is 3.87. The molecule has 5 fully saturated rings. The van der Waals surface area contributed by atoms with Crippen LogP contribution in [0.4, 0.5) is 4.39 Å². The van der Waals surface area contributed by atoms with Gasteiger partial charge in [-0.05, 0) is 206 Å². The molecule has 14 nitrogen and oxygen atoms in total. The van der Waals surface area contributed by atoms with Gasteiger partial charge in [-0.2, -0.15) is 5.26 Å². The number of benzene rings is 4. The summed E-state index contributed by atoms with van der Waals surface area (Å²) in [5.41, 5.74) is 4.45. The summed E-state index contributed by atoms with van der Waals surface area (Å²) < 4.78 is 92.9. The van der Waals surface area contributed by atoms with Crippen molar-refractivity contribution in [1.29, 1.82) is 5.26 Å². The molecule has 0 aromatic heterocycles. The molecule has 1 unspecified atom stereocenters. The Labute approximate surface area is 477 Å². The summed E-state index contributed by atoms with van der Waals surface area (Å²) in [5, 5.41) is 9.11. The second-order valence-corrected chi connectivity index (χ2v) is 27.5. The van der Waals surface area contributed by atoms with Crippen molar-refractivity contribution < 1.29 is 44.9 Å². The molecule has 0 N–H and O–H groups in total. The summed E-state index contributed by atoms with van der Waals surface area (Å²) in [6.45, 7) is 8.35. The van der Waals surface area contributed by atoms with Gasteiger partial charge in [-0.3, -0.25) is 9.80 Å². The van der Waals surface area contributed by atoms with Crippen LogP contribution in [0, 0.1) is 29.0 Å². The zero-order valence-electron chi connectivity index (χ0n) is 47.6. The Bertz CT molecular complexity index is 2860. The fourth-order valence-electron chi connectivity index (χ4n) is 13.6. The van der Waals surface area contributed by atoms with Crippen LogP contribution in [0.1, 0.15) is 110 Å². The molecule has 5 saturated heterocycles. The van der Waals surface area contributed by atoms with Crippen LogP contribution in [0.2, 0.25) is 0 Å². The topological polar surface area (TPSA) is 151 Å². The molecule has 0 amide bonds. The fourth-order valence-corrected chi connectivity index (χ4v) is 19.4. The predicted molar refractivity (Wildman–Crippen MR) is 312 cm³/mol. The molecule has 6 aliphatic heterocycles. The lowest BCUT2D eigenvalue weighted by Gasteiger charge is -2.57. The number of hydrogen-bond donors (Lipinski definition) is 0. The maximum absolute atomic E-state index is 13.5. The van der Waals surface area contributed by atoms with Crippen LogP contribution in [0.15, 0.2) is 78.9 Å². The van der Waals surface area contributed by atoms with Gasteiger partial charge >= 0.3 is 0 Å². The number of piperidine rings is 4. The molecule has 6 heterocycles. The van der Waals surface area contributed by atoms with Crippen molar-refractivity contribution in [3.05, 3.63) is 118 Å². The molecule has 5 atom stereocenters. The first-order valence-electron chi connectivity index (χ1n) is 28.1. The van der Waals surface area contributed by atoms with Crippen LogP contribution in [-0.2, 0) is 47.1 Å². The first-order valence-corrected chi connectivity index (χ1v) is 31.4. The van der Waals surface area contributed by atoms with E-state index in [1.54, 1.807) is 38.8 Å². The summed E-state index contributed by atoms with van der Waals surface area (Å²) in [4.78, 5) is 9.95. The molecule has 0 spiro atoms. The number of sulfone groups is 2. The van der Waals surface area contributed by atoms with Crippen LogP contribution < -0.4 is 18.9 Å². The van der Waals surface area contributed by atoms with Crippen molar-refractivity contribution >= 4 is 32.1 Å². The van der Waals surface area contributed by atoms with Gasteiger partial charge in [0.25, 0.3) is 0 Å². The zero-order chi connectivity index (χ0) is 55.7. The summed E-state index contributed by atoms with van der Waals surface area (Å²) in [7, 11) is 4.15. The molecule has 10 rings (SSSR count). The van der Waals surface area contributed by atoms with E-state index in [4.69, 9.17) is 28.9 Å². The highest BCUT2D eigenvalue weighted by Crippen LogP contribution is 2.49. The van der Waals surface area contributed by atoms with E-state index in [0.29, 0.717) is 54.7 Å². The van der Waals surface area contributed by atoms with Crippen molar-refractivity contribution in [2.75, 3.05) is 107 Å². The molecule has 0 aliphatic carbocycles. The van der Waals surface area contributed by atoms with E-state index >= 15 is 0 Å².